The summed E-state index contributed by atoms with van der Waals surface area (Å²) in [6, 6.07) is 9.09. The molecule has 0 spiro atoms. The van der Waals surface area contributed by atoms with Gasteiger partial charge in [0, 0.05) is 31.7 Å². The lowest BCUT2D eigenvalue weighted by Crippen LogP contribution is -2.46. The van der Waals surface area contributed by atoms with E-state index >= 15 is 0 Å². The summed E-state index contributed by atoms with van der Waals surface area (Å²) in [7, 11) is -3.67. The molecule has 5 nitrogen and oxygen atoms in total. The van der Waals surface area contributed by atoms with Crippen molar-refractivity contribution in [2.75, 3.05) is 26.2 Å². The monoisotopic (exact) mass is 392 g/mol. The van der Waals surface area contributed by atoms with Gasteiger partial charge in [-0.05, 0) is 35.9 Å². The third-order valence-electron chi connectivity index (χ3n) is 4.20. The van der Waals surface area contributed by atoms with Crippen molar-refractivity contribution in [3.63, 3.8) is 0 Å². The van der Waals surface area contributed by atoms with Crippen molar-refractivity contribution in [1.29, 1.82) is 0 Å². The van der Waals surface area contributed by atoms with Crippen LogP contribution in [0.3, 0.4) is 0 Å². The Labute approximate surface area is 156 Å². The average molecular weight is 392 g/mol. The summed E-state index contributed by atoms with van der Waals surface area (Å²) in [6.07, 6.45) is 2.55. The Morgan fingerprint density at radius 2 is 1.78 bits per heavy atom. The lowest BCUT2D eigenvalue weighted by molar-refractivity contribution is 0.104. The van der Waals surface area contributed by atoms with Crippen LogP contribution in [0.15, 0.2) is 53.4 Å². The number of halogens is 2. The minimum Gasteiger partial charge on any atom is -0.314 e. The van der Waals surface area contributed by atoms with E-state index in [1.807, 2.05) is 0 Å². The van der Waals surface area contributed by atoms with Gasteiger partial charge < -0.3 is 5.32 Å². The van der Waals surface area contributed by atoms with E-state index < -0.39 is 27.4 Å². The van der Waals surface area contributed by atoms with E-state index in [4.69, 9.17) is 0 Å². The van der Waals surface area contributed by atoms with Gasteiger partial charge in [-0.2, -0.15) is 4.31 Å². The molecule has 0 unspecified atom stereocenters. The van der Waals surface area contributed by atoms with E-state index in [-0.39, 0.29) is 10.5 Å². The molecule has 1 saturated heterocycles. The lowest BCUT2D eigenvalue weighted by Gasteiger charge is -2.26. The average Bonchev–Trinajstić information content (AvgIpc) is 2.69. The molecule has 1 heterocycles. The van der Waals surface area contributed by atoms with Gasteiger partial charge in [-0.3, -0.25) is 4.79 Å². The normalized spacial score (nSPS) is 15.9. The molecular weight excluding hydrogens is 374 g/mol. The fourth-order valence-electron chi connectivity index (χ4n) is 2.73. The zero-order valence-electron chi connectivity index (χ0n) is 14.4. The first kappa shape index (κ1) is 19.3. The summed E-state index contributed by atoms with van der Waals surface area (Å²) in [5, 5.41) is 3.09. The van der Waals surface area contributed by atoms with Crippen molar-refractivity contribution >= 4 is 21.9 Å². The van der Waals surface area contributed by atoms with Crippen molar-refractivity contribution in [3.05, 3.63) is 71.3 Å². The highest BCUT2D eigenvalue weighted by Gasteiger charge is 2.26. The molecule has 2 aromatic carbocycles. The van der Waals surface area contributed by atoms with E-state index in [9.17, 15) is 22.0 Å². The predicted molar refractivity (Wildman–Crippen MR) is 97.8 cm³/mol. The maximum atomic E-state index is 13.2. The van der Waals surface area contributed by atoms with Crippen molar-refractivity contribution in [2.24, 2.45) is 0 Å². The number of carbonyl (C=O) groups is 1. The number of piperazine rings is 1. The largest absolute Gasteiger partial charge is 0.314 e. The number of allylic oxidation sites excluding steroid dienone is 1. The molecule has 1 aliphatic rings. The molecule has 1 aliphatic heterocycles. The molecule has 0 aliphatic carbocycles. The van der Waals surface area contributed by atoms with Gasteiger partial charge in [-0.25, -0.2) is 17.2 Å². The molecule has 1 N–H and O–H groups in total. The van der Waals surface area contributed by atoms with Crippen LogP contribution in [0.4, 0.5) is 8.78 Å². The van der Waals surface area contributed by atoms with Gasteiger partial charge in [-0.15, -0.1) is 0 Å². The number of nitrogens with one attached hydrogen (secondary N) is 1. The van der Waals surface area contributed by atoms with Crippen LogP contribution in [0.25, 0.3) is 6.08 Å². The number of ketones is 1. The second kappa shape index (κ2) is 8.08. The molecule has 0 atom stereocenters. The Morgan fingerprint density at radius 3 is 2.48 bits per heavy atom. The SMILES string of the molecule is O=C(/C=C/c1ccc(F)c(F)c1)c1cccc(S(=O)(=O)N2CCNCC2)c1. The molecule has 3 rings (SSSR count). The van der Waals surface area contributed by atoms with Crippen LogP contribution in [-0.2, 0) is 10.0 Å². The van der Waals surface area contributed by atoms with E-state index in [1.54, 1.807) is 0 Å². The number of sulfonamides is 1. The number of hydrogen-bond donors (Lipinski definition) is 1. The van der Waals surface area contributed by atoms with Crippen LogP contribution in [0, 0.1) is 11.6 Å². The Bertz CT molecular complexity index is 984. The molecule has 2 aromatic rings. The zero-order valence-corrected chi connectivity index (χ0v) is 15.2. The van der Waals surface area contributed by atoms with E-state index in [0.717, 1.165) is 12.1 Å². The molecular formula is C19H18F2N2O3S. The maximum absolute atomic E-state index is 13.2. The summed E-state index contributed by atoms with van der Waals surface area (Å²) in [5.74, 6) is -2.41. The first-order valence-electron chi connectivity index (χ1n) is 8.36. The number of benzene rings is 2. The van der Waals surface area contributed by atoms with Crippen LogP contribution >= 0.6 is 0 Å². The van der Waals surface area contributed by atoms with Gasteiger partial charge in [0.2, 0.25) is 10.0 Å². The van der Waals surface area contributed by atoms with Gasteiger partial charge >= 0.3 is 0 Å². The summed E-state index contributed by atoms with van der Waals surface area (Å²) in [6.45, 7) is 1.90. The topological polar surface area (TPSA) is 66.5 Å². The first-order valence-corrected chi connectivity index (χ1v) is 9.80. The minimum atomic E-state index is -3.67. The molecule has 27 heavy (non-hydrogen) atoms. The van der Waals surface area contributed by atoms with E-state index in [1.165, 1.54) is 46.8 Å². The summed E-state index contributed by atoms with van der Waals surface area (Å²) in [4.78, 5) is 12.4. The van der Waals surface area contributed by atoms with E-state index in [2.05, 4.69) is 5.32 Å². The molecule has 8 heteroatoms. The smallest absolute Gasteiger partial charge is 0.243 e. The van der Waals surface area contributed by atoms with Gasteiger partial charge in [0.05, 0.1) is 4.90 Å². The van der Waals surface area contributed by atoms with Crippen LogP contribution < -0.4 is 5.32 Å². The maximum Gasteiger partial charge on any atom is 0.243 e. The molecule has 0 radical (unpaired) electrons. The fourth-order valence-corrected chi connectivity index (χ4v) is 4.22. The van der Waals surface area contributed by atoms with Crippen LogP contribution in [-0.4, -0.2) is 44.7 Å². The standard InChI is InChI=1S/C19H18F2N2O3S/c20-17-6-4-14(12-18(17)21)5-7-19(24)15-2-1-3-16(13-15)27(25,26)23-10-8-22-9-11-23/h1-7,12-13,22H,8-11H2/b7-5+. The summed E-state index contributed by atoms with van der Waals surface area (Å²) >= 11 is 0. The molecule has 0 bridgehead atoms. The molecule has 0 saturated carbocycles. The van der Waals surface area contributed by atoms with Gasteiger partial charge in [0.25, 0.3) is 0 Å². The first-order chi connectivity index (χ1) is 12.9. The third-order valence-corrected chi connectivity index (χ3v) is 6.10. The Hall–Kier alpha value is -2.42. The molecule has 142 valence electrons. The van der Waals surface area contributed by atoms with Gasteiger partial charge in [0.15, 0.2) is 17.4 Å². The summed E-state index contributed by atoms with van der Waals surface area (Å²) < 4.78 is 52.9. The number of carbonyl (C=O) groups excluding carboxylic acids is 1. The minimum absolute atomic E-state index is 0.0523. The number of nitrogens with zero attached hydrogens (tertiary/aromatic N) is 1. The highest BCUT2D eigenvalue weighted by molar-refractivity contribution is 7.89. The molecule has 0 amide bonds. The zero-order chi connectivity index (χ0) is 19.4. The van der Waals surface area contributed by atoms with Crippen molar-refractivity contribution in [1.82, 2.24) is 9.62 Å². The Morgan fingerprint density at radius 1 is 1.04 bits per heavy atom. The lowest BCUT2D eigenvalue weighted by atomic mass is 10.1. The van der Waals surface area contributed by atoms with E-state index in [0.29, 0.717) is 31.7 Å². The van der Waals surface area contributed by atoms with Crippen molar-refractivity contribution in [2.45, 2.75) is 4.90 Å². The fraction of sp³-hybridized carbons (Fsp3) is 0.211. The quantitative estimate of drug-likeness (QED) is 0.627. The predicted octanol–water partition coefficient (Wildman–Crippen LogP) is 2.45. The van der Waals surface area contributed by atoms with Crippen LogP contribution in [0.2, 0.25) is 0 Å². The molecule has 0 aromatic heterocycles. The summed E-state index contributed by atoms with van der Waals surface area (Å²) in [5.41, 5.74) is 0.525. The highest BCUT2D eigenvalue weighted by Crippen LogP contribution is 2.18. The Kier molecular flexibility index (Phi) is 5.79. The van der Waals surface area contributed by atoms with Crippen molar-refractivity contribution in [3.8, 4) is 0 Å². The second-order valence-electron chi connectivity index (χ2n) is 6.05. The van der Waals surface area contributed by atoms with Crippen molar-refractivity contribution < 1.29 is 22.0 Å². The number of rotatable bonds is 5. The molecule has 1 fully saturated rings. The highest BCUT2D eigenvalue weighted by atomic mass is 32.2. The third kappa shape index (κ3) is 4.47. The van der Waals surface area contributed by atoms with Gasteiger partial charge in [0.1, 0.15) is 0 Å². The van der Waals surface area contributed by atoms with Gasteiger partial charge in [-0.1, -0.05) is 24.3 Å². The number of hydrogen-bond acceptors (Lipinski definition) is 4. The van der Waals surface area contributed by atoms with Crippen LogP contribution in [0.5, 0.6) is 0 Å². The second-order valence-corrected chi connectivity index (χ2v) is 7.99. The Balaban J connectivity index is 1.81. The van der Waals surface area contributed by atoms with Crippen LogP contribution in [0.1, 0.15) is 15.9 Å².